The van der Waals surface area contributed by atoms with E-state index in [2.05, 4.69) is 97.1 Å². The number of pyridine rings is 2. The Kier molecular flexibility index (Phi) is 4.61. The first kappa shape index (κ1) is 22.3. The van der Waals surface area contributed by atoms with Crippen LogP contribution in [0.2, 0.25) is 0 Å². The molecule has 1 aliphatic rings. The van der Waals surface area contributed by atoms with Crippen LogP contribution >= 0.6 is 0 Å². The van der Waals surface area contributed by atoms with E-state index >= 15 is 0 Å². The molecule has 0 amide bonds. The summed E-state index contributed by atoms with van der Waals surface area (Å²) in [6, 6.07) is 42.7. The van der Waals surface area contributed by atoms with Crippen molar-refractivity contribution < 1.29 is 4.42 Å². The van der Waals surface area contributed by atoms with Crippen LogP contribution in [0.1, 0.15) is 0 Å². The Hall–Kier alpha value is -5.54. The van der Waals surface area contributed by atoms with Crippen molar-refractivity contribution in [3.8, 4) is 55.6 Å². The number of fused-ring (bicyclic) bond motifs is 13. The second-order valence-electron chi connectivity index (χ2n) is 10.5. The maximum Gasteiger partial charge on any atom is 0.143 e. The predicted molar refractivity (Wildman–Crippen MR) is 168 cm³/mol. The number of para-hydroxylation sites is 2. The Morgan fingerprint density at radius 1 is 0.415 bits per heavy atom. The van der Waals surface area contributed by atoms with Crippen LogP contribution in [0.5, 0.6) is 0 Å². The van der Waals surface area contributed by atoms with Gasteiger partial charge in [0.1, 0.15) is 11.2 Å². The summed E-state index contributed by atoms with van der Waals surface area (Å²) in [7, 11) is 0. The molecule has 5 aromatic carbocycles. The average Bonchev–Trinajstić information content (AvgIpc) is 3.42. The van der Waals surface area contributed by atoms with Crippen LogP contribution in [0, 0.1) is 0 Å². The Labute approximate surface area is 236 Å². The third-order valence-electron chi connectivity index (χ3n) is 8.36. The molecule has 0 atom stereocenters. The number of aromatic nitrogens is 2. The van der Waals surface area contributed by atoms with Gasteiger partial charge in [-0.15, -0.1) is 0 Å². The van der Waals surface area contributed by atoms with Crippen molar-refractivity contribution in [2.75, 3.05) is 0 Å². The molecule has 0 radical (unpaired) electrons. The van der Waals surface area contributed by atoms with Crippen molar-refractivity contribution in [2.24, 2.45) is 0 Å². The molecule has 0 aliphatic heterocycles. The molecular weight excluding hydrogens is 500 g/mol. The van der Waals surface area contributed by atoms with Crippen molar-refractivity contribution in [1.82, 2.24) is 9.97 Å². The fourth-order valence-electron chi connectivity index (χ4n) is 6.62. The van der Waals surface area contributed by atoms with Gasteiger partial charge in [0.25, 0.3) is 0 Å². The third kappa shape index (κ3) is 3.14. The largest absolute Gasteiger partial charge is 0.455 e. The summed E-state index contributed by atoms with van der Waals surface area (Å²) in [6.45, 7) is 0. The molecule has 41 heavy (non-hydrogen) atoms. The summed E-state index contributed by atoms with van der Waals surface area (Å²) >= 11 is 0. The number of benzene rings is 5. The zero-order valence-electron chi connectivity index (χ0n) is 22.0. The van der Waals surface area contributed by atoms with Crippen molar-refractivity contribution >= 4 is 33.0 Å². The average molecular weight is 523 g/mol. The standard InChI is InChI=1S/C38H22N2O/c1-2-11-24-23(10-1)26-15-7-16-29(31-18-8-17-30-25-12-5-6-20-34(25)41-38(30)31)35(26)27-13-3-4-14-28(27)36-32(24)22-40-33-19-9-21-39-37(33)36/h1-22H. The first-order valence-corrected chi connectivity index (χ1v) is 13.8. The number of rotatable bonds is 1. The van der Waals surface area contributed by atoms with E-state index in [1.807, 2.05) is 36.7 Å². The van der Waals surface area contributed by atoms with Crippen molar-refractivity contribution in [1.29, 1.82) is 0 Å². The zero-order valence-corrected chi connectivity index (χ0v) is 22.0. The monoisotopic (exact) mass is 522 g/mol. The van der Waals surface area contributed by atoms with Crippen LogP contribution in [0.3, 0.4) is 0 Å². The van der Waals surface area contributed by atoms with Crippen molar-refractivity contribution in [2.45, 2.75) is 0 Å². The third-order valence-corrected chi connectivity index (χ3v) is 8.36. The molecule has 0 N–H and O–H groups in total. The maximum atomic E-state index is 6.54. The van der Waals surface area contributed by atoms with Gasteiger partial charge in [0.05, 0.1) is 11.0 Å². The van der Waals surface area contributed by atoms with Gasteiger partial charge < -0.3 is 4.42 Å². The Morgan fingerprint density at radius 2 is 1.02 bits per heavy atom. The molecule has 0 spiro atoms. The van der Waals surface area contributed by atoms with Gasteiger partial charge in [-0.25, -0.2) is 0 Å². The molecule has 0 saturated carbocycles. The first-order chi connectivity index (χ1) is 20.4. The van der Waals surface area contributed by atoms with Crippen LogP contribution in [0.25, 0.3) is 88.6 Å². The minimum Gasteiger partial charge on any atom is -0.455 e. The van der Waals surface area contributed by atoms with Crippen LogP contribution in [0.4, 0.5) is 0 Å². The number of hydrogen-bond acceptors (Lipinski definition) is 3. The molecule has 3 aromatic heterocycles. The minimum atomic E-state index is 0.889. The quantitative estimate of drug-likeness (QED) is 0.215. The molecule has 3 heterocycles. The highest BCUT2D eigenvalue weighted by atomic mass is 16.3. The normalized spacial score (nSPS) is 11.9. The Balaban J connectivity index is 1.46. The van der Waals surface area contributed by atoms with Gasteiger partial charge in [-0.2, -0.15) is 0 Å². The van der Waals surface area contributed by atoms with Gasteiger partial charge in [0.2, 0.25) is 0 Å². The van der Waals surface area contributed by atoms with Gasteiger partial charge in [0, 0.05) is 39.9 Å². The SMILES string of the molecule is c1ccc2c(c1)-c1cccc(-c3cccc4c3oc3ccccc34)c1-c1ccccc1-c1c-2cnc2cccnc12. The van der Waals surface area contributed by atoms with Crippen molar-refractivity contribution in [3.63, 3.8) is 0 Å². The highest BCUT2D eigenvalue weighted by Gasteiger charge is 2.27. The fraction of sp³-hybridized carbons (Fsp3) is 0. The summed E-state index contributed by atoms with van der Waals surface area (Å²) in [5.41, 5.74) is 15.1. The van der Waals surface area contributed by atoms with E-state index < -0.39 is 0 Å². The van der Waals surface area contributed by atoms with Crippen LogP contribution < -0.4 is 0 Å². The molecule has 0 bridgehead atoms. The molecule has 0 unspecified atom stereocenters. The molecule has 0 fully saturated rings. The van der Waals surface area contributed by atoms with E-state index in [4.69, 9.17) is 14.4 Å². The van der Waals surface area contributed by atoms with Gasteiger partial charge in [-0.05, 0) is 57.1 Å². The maximum absolute atomic E-state index is 6.54. The summed E-state index contributed by atoms with van der Waals surface area (Å²) < 4.78 is 6.54. The number of hydrogen-bond donors (Lipinski definition) is 0. The van der Waals surface area contributed by atoms with Gasteiger partial charge in [-0.3, -0.25) is 9.97 Å². The van der Waals surface area contributed by atoms with Gasteiger partial charge in [0.15, 0.2) is 0 Å². The summed E-state index contributed by atoms with van der Waals surface area (Å²) in [6.07, 6.45) is 3.87. The lowest BCUT2D eigenvalue weighted by molar-refractivity contribution is 0.670. The second kappa shape index (κ2) is 8.48. The predicted octanol–water partition coefficient (Wildman–Crippen LogP) is 10.2. The molecule has 0 saturated heterocycles. The summed E-state index contributed by atoms with van der Waals surface area (Å²) in [5, 5.41) is 2.26. The first-order valence-electron chi connectivity index (χ1n) is 13.8. The van der Waals surface area contributed by atoms with E-state index in [0.29, 0.717) is 0 Å². The highest BCUT2D eigenvalue weighted by molar-refractivity contribution is 6.15. The van der Waals surface area contributed by atoms with E-state index in [0.717, 1.165) is 66.4 Å². The minimum absolute atomic E-state index is 0.889. The molecule has 3 nitrogen and oxygen atoms in total. The lowest BCUT2D eigenvalue weighted by Crippen LogP contribution is -2.00. The zero-order chi connectivity index (χ0) is 26.9. The van der Waals surface area contributed by atoms with Crippen molar-refractivity contribution in [3.05, 3.63) is 134 Å². The lowest BCUT2D eigenvalue weighted by atomic mass is 9.78. The molecule has 3 heteroatoms. The Morgan fingerprint density at radius 3 is 1.88 bits per heavy atom. The molecule has 190 valence electrons. The second-order valence-corrected chi connectivity index (χ2v) is 10.5. The fourth-order valence-corrected chi connectivity index (χ4v) is 6.62. The van der Waals surface area contributed by atoms with E-state index in [1.165, 1.54) is 22.3 Å². The number of furan rings is 1. The highest BCUT2D eigenvalue weighted by Crippen LogP contribution is 2.52. The number of nitrogens with zero attached hydrogens (tertiary/aromatic N) is 2. The summed E-state index contributed by atoms with van der Waals surface area (Å²) in [4.78, 5) is 9.70. The topological polar surface area (TPSA) is 38.9 Å². The Bertz CT molecular complexity index is 2330. The van der Waals surface area contributed by atoms with E-state index in [-0.39, 0.29) is 0 Å². The van der Waals surface area contributed by atoms with E-state index in [9.17, 15) is 0 Å². The summed E-state index contributed by atoms with van der Waals surface area (Å²) in [5.74, 6) is 0. The molecule has 8 aromatic rings. The van der Waals surface area contributed by atoms with Gasteiger partial charge in [-0.1, -0.05) is 103 Å². The van der Waals surface area contributed by atoms with Crippen LogP contribution in [0.15, 0.2) is 138 Å². The van der Waals surface area contributed by atoms with Gasteiger partial charge >= 0.3 is 0 Å². The lowest BCUT2D eigenvalue weighted by Gasteiger charge is -2.25. The molecule has 9 rings (SSSR count). The van der Waals surface area contributed by atoms with Crippen LogP contribution in [-0.2, 0) is 0 Å². The smallest absolute Gasteiger partial charge is 0.143 e. The molecule has 1 aliphatic carbocycles. The molecular formula is C38H22N2O. The van der Waals surface area contributed by atoms with Crippen LogP contribution in [-0.4, -0.2) is 9.97 Å². The van der Waals surface area contributed by atoms with E-state index in [1.54, 1.807) is 0 Å².